The van der Waals surface area contributed by atoms with E-state index in [-0.39, 0.29) is 62.8 Å². The van der Waals surface area contributed by atoms with Crippen molar-refractivity contribution in [1.82, 2.24) is 47.9 Å². The summed E-state index contributed by atoms with van der Waals surface area (Å²) in [4.78, 5) is 173. The number of nitrogens with one attached hydrogen (secondary N) is 9. The van der Waals surface area contributed by atoms with Crippen molar-refractivity contribution in [3.05, 3.63) is 29.8 Å². The summed E-state index contributed by atoms with van der Waals surface area (Å²) in [6.45, 7) is 7.44. The number of carboxylic acid groups (broad SMARTS) is 3. The molecular weight excluding hydrogens is 1110 g/mol. The van der Waals surface area contributed by atoms with E-state index in [1.165, 1.54) is 45.0 Å². The number of unbranched alkanes of at least 4 members (excludes halogenated alkanes) is 1. The van der Waals surface area contributed by atoms with Crippen LogP contribution in [0.25, 0.3) is 0 Å². The molecule has 0 spiro atoms. The second-order valence-corrected chi connectivity index (χ2v) is 20.7. The van der Waals surface area contributed by atoms with Crippen LogP contribution in [-0.2, 0) is 68.7 Å². The molecule has 470 valence electrons. The Hall–Kier alpha value is -8.68. The molecule has 0 saturated carbocycles. The lowest BCUT2D eigenvalue weighted by Gasteiger charge is -2.29. The SMILES string of the molecule is CC(C)C[C@H](NC(=O)[C@H](C)NC(=O)[C@@H](N)CCCN=C(N)N)C(=O)N[C@@H](CCCCN)C(=O)N[C@@H](Cc1ccc(O)cc1)C(=O)N[C@@H](CCC(=O)O)C(=O)N[C@H](C(=O)N[C@@H](CCC(N)=O)C(=O)NCC(=O)N[C@@H](CCC(=O)O)C(=O)O)C(C)C. The standard InChI is InChI=1S/C52H85N15O17/c1-26(2)23-36(65-43(75)28(5)60-44(76)31(54)9-8-22-58-52(56)57)48(80)62-32(10-6-7-21-53)46(78)66-37(24-29-11-13-30(68)14-12-29)49(81)63-34(16-19-40(71)72)47(79)67-42(27(3)4)50(82)64-33(15-18-38(55)69)45(77)59-25-39(70)61-35(51(83)84)17-20-41(73)74/h11-14,26-28,31-37,42,68H,6-10,15-25,53-54H2,1-5H3,(H2,55,69)(H,59,77)(H,60,76)(H,61,70)(H,62,80)(H,63,81)(H,64,82)(H,65,75)(H,66,78)(H,67,79)(H,71,72)(H,73,74)(H,83,84)(H4,56,57,58)/t28-,31-,32-,33-,34-,35-,36-,37-,42-/m0/s1. The zero-order valence-corrected chi connectivity index (χ0v) is 47.9. The van der Waals surface area contributed by atoms with Crippen LogP contribution in [0.3, 0.4) is 0 Å². The van der Waals surface area contributed by atoms with Crippen LogP contribution in [0, 0.1) is 11.8 Å². The lowest BCUT2D eigenvalue weighted by molar-refractivity contribution is -0.143. The minimum Gasteiger partial charge on any atom is -0.508 e. The molecule has 0 unspecified atom stereocenters. The number of phenols is 1. The molecule has 0 bridgehead atoms. The van der Waals surface area contributed by atoms with Crippen LogP contribution in [0.1, 0.15) is 117 Å². The van der Waals surface area contributed by atoms with Crippen LogP contribution in [0.15, 0.2) is 29.3 Å². The van der Waals surface area contributed by atoms with Crippen LogP contribution in [0.2, 0.25) is 0 Å². The van der Waals surface area contributed by atoms with Gasteiger partial charge in [0.05, 0.1) is 12.6 Å². The molecule has 10 amide bonds. The van der Waals surface area contributed by atoms with Gasteiger partial charge in [-0.1, -0.05) is 39.8 Å². The van der Waals surface area contributed by atoms with E-state index < -0.39 is 182 Å². The Morgan fingerprint density at radius 1 is 0.524 bits per heavy atom. The Kier molecular flexibility index (Phi) is 33.3. The highest BCUT2D eigenvalue weighted by Gasteiger charge is 2.36. The maximum atomic E-state index is 14.5. The van der Waals surface area contributed by atoms with Gasteiger partial charge in [-0.2, -0.15) is 0 Å². The summed E-state index contributed by atoms with van der Waals surface area (Å²) in [6, 6.07) is -7.51. The van der Waals surface area contributed by atoms with Gasteiger partial charge in [0, 0.05) is 32.2 Å². The van der Waals surface area contributed by atoms with Gasteiger partial charge in [-0.25, -0.2) is 4.79 Å². The summed E-state index contributed by atoms with van der Waals surface area (Å²) in [5.41, 5.74) is 28.1. The maximum Gasteiger partial charge on any atom is 0.326 e. The predicted octanol–water partition coefficient (Wildman–Crippen LogP) is -4.76. The fourth-order valence-corrected chi connectivity index (χ4v) is 7.90. The number of carboxylic acids is 3. The molecule has 84 heavy (non-hydrogen) atoms. The first-order valence-electron chi connectivity index (χ1n) is 27.3. The monoisotopic (exact) mass is 1190 g/mol. The van der Waals surface area contributed by atoms with Crippen LogP contribution >= 0.6 is 0 Å². The average molecular weight is 1190 g/mol. The summed E-state index contributed by atoms with van der Waals surface area (Å²) in [5.74, 6) is -14.9. The number of benzene rings is 1. The predicted molar refractivity (Wildman–Crippen MR) is 301 cm³/mol. The highest BCUT2D eigenvalue weighted by Crippen LogP contribution is 2.15. The van der Waals surface area contributed by atoms with Gasteiger partial charge in [-0.3, -0.25) is 62.5 Å². The number of aliphatic imine (C=N–C) groups is 1. The molecule has 0 radical (unpaired) electrons. The smallest absolute Gasteiger partial charge is 0.326 e. The molecule has 0 aromatic heterocycles. The number of primary amides is 1. The van der Waals surface area contributed by atoms with Crippen molar-refractivity contribution in [3.8, 4) is 5.75 Å². The van der Waals surface area contributed by atoms with Crippen molar-refractivity contribution >= 4 is 82.9 Å². The Morgan fingerprint density at radius 3 is 1.56 bits per heavy atom. The van der Waals surface area contributed by atoms with Crippen LogP contribution in [-0.4, -0.2) is 177 Å². The highest BCUT2D eigenvalue weighted by molar-refractivity contribution is 5.98. The van der Waals surface area contributed by atoms with Crippen molar-refractivity contribution < 1.29 is 82.8 Å². The van der Waals surface area contributed by atoms with E-state index in [1.54, 1.807) is 13.8 Å². The number of aromatic hydroxyl groups is 1. The molecule has 32 nitrogen and oxygen atoms in total. The molecule has 1 rings (SSSR count). The number of hydrogen-bond donors (Lipinski definition) is 18. The number of carbonyl (C=O) groups excluding carboxylic acids is 10. The topological polar surface area (TPSA) is 554 Å². The lowest BCUT2D eigenvalue weighted by Crippen LogP contribution is -2.61. The van der Waals surface area contributed by atoms with E-state index in [0.717, 1.165) is 0 Å². The van der Waals surface area contributed by atoms with E-state index in [2.05, 4.69) is 52.8 Å². The molecule has 9 atom stereocenters. The largest absolute Gasteiger partial charge is 0.508 e. The zero-order chi connectivity index (χ0) is 63.8. The number of aliphatic carboxylic acids is 3. The lowest BCUT2D eigenvalue weighted by atomic mass is 10.00. The van der Waals surface area contributed by atoms with Gasteiger partial charge in [0.1, 0.15) is 54.1 Å². The molecule has 23 N–H and O–H groups in total. The number of guanidine groups is 1. The zero-order valence-electron chi connectivity index (χ0n) is 47.9. The third kappa shape index (κ3) is 29.9. The number of amides is 10. The molecule has 0 heterocycles. The Balaban J connectivity index is 3.54. The number of nitrogens with zero attached hydrogens (tertiary/aromatic N) is 1. The van der Waals surface area contributed by atoms with E-state index in [1.807, 2.05) is 0 Å². The molecule has 32 heteroatoms. The van der Waals surface area contributed by atoms with Gasteiger partial charge in [0.2, 0.25) is 59.1 Å². The van der Waals surface area contributed by atoms with E-state index in [0.29, 0.717) is 18.4 Å². The van der Waals surface area contributed by atoms with Crippen molar-refractivity contribution in [2.75, 3.05) is 19.6 Å². The third-order valence-electron chi connectivity index (χ3n) is 12.5. The molecule has 0 aliphatic rings. The Morgan fingerprint density at radius 2 is 1.02 bits per heavy atom. The Bertz CT molecular complexity index is 2460. The minimum atomic E-state index is -1.74. The maximum absolute atomic E-state index is 14.5. The number of carbonyl (C=O) groups is 13. The average Bonchev–Trinajstić information content (AvgIpc) is 3.63. The number of nitrogens with two attached hydrogens (primary N) is 5. The van der Waals surface area contributed by atoms with Gasteiger partial charge in [-0.05, 0) is 101 Å². The summed E-state index contributed by atoms with van der Waals surface area (Å²) >= 11 is 0. The second kappa shape index (κ2) is 38.2. The normalized spacial score (nSPS) is 14.2. The summed E-state index contributed by atoms with van der Waals surface area (Å²) < 4.78 is 0. The molecule has 1 aromatic rings. The van der Waals surface area contributed by atoms with Gasteiger partial charge in [0.25, 0.3) is 0 Å². The first-order chi connectivity index (χ1) is 39.3. The van der Waals surface area contributed by atoms with Gasteiger partial charge in [-0.15, -0.1) is 0 Å². The van der Waals surface area contributed by atoms with Crippen molar-refractivity contribution in [3.63, 3.8) is 0 Å². The molecule has 0 aliphatic heterocycles. The number of phenolic OH excluding ortho intramolecular Hbond substituents is 1. The molecule has 0 fully saturated rings. The quantitative estimate of drug-likeness (QED) is 0.0166. The second-order valence-electron chi connectivity index (χ2n) is 20.7. The number of hydrogen-bond acceptors (Lipinski definition) is 17. The summed E-state index contributed by atoms with van der Waals surface area (Å²) in [7, 11) is 0. The fraction of sp³-hybridized carbons (Fsp3) is 0.615. The molecule has 0 saturated heterocycles. The van der Waals surface area contributed by atoms with Gasteiger partial charge < -0.3 is 96.9 Å². The fourth-order valence-electron chi connectivity index (χ4n) is 7.90. The van der Waals surface area contributed by atoms with Crippen LogP contribution < -0.4 is 76.5 Å². The van der Waals surface area contributed by atoms with E-state index in [9.17, 15) is 77.6 Å². The Labute approximate surface area is 485 Å². The van der Waals surface area contributed by atoms with Gasteiger partial charge >= 0.3 is 17.9 Å². The summed E-state index contributed by atoms with van der Waals surface area (Å²) in [6.07, 6.45) is -2.38. The van der Waals surface area contributed by atoms with Crippen LogP contribution in [0.5, 0.6) is 5.75 Å². The molecule has 0 aliphatic carbocycles. The molecular formula is C52H85N15O17. The number of rotatable bonds is 41. The summed E-state index contributed by atoms with van der Waals surface area (Å²) in [5, 5.41) is 59.9. The third-order valence-corrected chi connectivity index (χ3v) is 12.5. The molecule has 1 aromatic carbocycles. The van der Waals surface area contributed by atoms with Crippen LogP contribution in [0.4, 0.5) is 0 Å². The van der Waals surface area contributed by atoms with Crippen molar-refractivity contribution in [2.45, 2.75) is 172 Å². The first kappa shape index (κ1) is 73.3. The van der Waals surface area contributed by atoms with E-state index >= 15 is 0 Å². The van der Waals surface area contributed by atoms with E-state index in [4.69, 9.17) is 33.8 Å². The first-order valence-corrected chi connectivity index (χ1v) is 27.3. The van der Waals surface area contributed by atoms with Gasteiger partial charge in [0.15, 0.2) is 5.96 Å². The van der Waals surface area contributed by atoms with Crippen molar-refractivity contribution in [2.24, 2.45) is 45.5 Å². The van der Waals surface area contributed by atoms with Crippen molar-refractivity contribution in [1.29, 1.82) is 0 Å². The highest BCUT2D eigenvalue weighted by atomic mass is 16.4. The minimum absolute atomic E-state index is 0.0374.